The summed E-state index contributed by atoms with van der Waals surface area (Å²) in [6, 6.07) is 0.781. The first-order valence-electron chi connectivity index (χ1n) is 17.1. The van der Waals surface area contributed by atoms with Crippen molar-refractivity contribution in [3.05, 3.63) is 23.4 Å². The van der Waals surface area contributed by atoms with E-state index in [1.54, 1.807) is 6.20 Å². The normalized spacial score (nSPS) is 34.0. The fraction of sp³-hybridized carbons (Fsp3) is 0.844. The Morgan fingerprint density at radius 1 is 1.05 bits per heavy atom. The molecule has 5 atom stereocenters. The number of piperazine rings is 1. The number of carbonyl (C=O) groups is 1. The number of fused-ring (bicyclic) bond motifs is 1. The second-order valence-electron chi connectivity index (χ2n) is 13.7. The molecule has 11 heteroatoms. The van der Waals surface area contributed by atoms with Crippen LogP contribution < -0.4 is 32.7 Å². The van der Waals surface area contributed by atoms with Gasteiger partial charge in [0.15, 0.2) is 0 Å². The Hall–Kier alpha value is -1.24. The quantitative estimate of drug-likeness (QED) is 0.201. The highest BCUT2D eigenvalue weighted by Crippen LogP contribution is 2.39. The molecule has 8 N–H and O–H groups in total. The third kappa shape index (κ3) is 8.14. The Morgan fingerprint density at radius 3 is 2.51 bits per heavy atom. The molecule has 244 valence electrons. The summed E-state index contributed by atoms with van der Waals surface area (Å²) < 4.78 is 0. The zero-order chi connectivity index (χ0) is 30.4. The molecule has 5 aliphatic rings. The van der Waals surface area contributed by atoms with Gasteiger partial charge in [-0.15, -0.1) is 0 Å². The van der Waals surface area contributed by atoms with Crippen molar-refractivity contribution in [2.45, 2.75) is 102 Å². The van der Waals surface area contributed by atoms with Gasteiger partial charge in [-0.25, -0.2) is 0 Å². The van der Waals surface area contributed by atoms with Crippen molar-refractivity contribution in [1.82, 2.24) is 36.0 Å². The SMILES string of the molecule is CCCC1(CCC)/C=C\C(Cl)=C/NC(C(C(=O)NC2CNCCC2N2CCC(N3CCN4CCNC4C3)CC2)C(N)N)C1. The molecular weight excluding hydrogens is 562 g/mol. The molecular formula is C32H58ClN9O. The first kappa shape index (κ1) is 33.1. The molecule has 4 fully saturated rings. The molecule has 0 aromatic carbocycles. The third-order valence-electron chi connectivity index (χ3n) is 10.9. The lowest BCUT2D eigenvalue weighted by Crippen LogP contribution is -2.65. The maximum Gasteiger partial charge on any atom is 0.228 e. The van der Waals surface area contributed by atoms with Crippen molar-refractivity contribution in [1.29, 1.82) is 0 Å². The van der Waals surface area contributed by atoms with Gasteiger partial charge in [0.1, 0.15) is 0 Å². The summed E-state index contributed by atoms with van der Waals surface area (Å²) in [6.07, 6.45) is 14.2. The monoisotopic (exact) mass is 619 g/mol. The van der Waals surface area contributed by atoms with Crippen molar-refractivity contribution in [3.63, 3.8) is 0 Å². The number of rotatable bonds is 10. The number of hydrogen-bond donors (Lipinski definition) is 6. The van der Waals surface area contributed by atoms with E-state index in [2.05, 4.69) is 55.9 Å². The summed E-state index contributed by atoms with van der Waals surface area (Å²) in [4.78, 5) is 22.0. The van der Waals surface area contributed by atoms with E-state index in [4.69, 9.17) is 23.1 Å². The van der Waals surface area contributed by atoms with Gasteiger partial charge in [-0.3, -0.25) is 24.8 Å². The summed E-state index contributed by atoms with van der Waals surface area (Å²) in [7, 11) is 0. The molecule has 43 heavy (non-hydrogen) atoms. The highest BCUT2D eigenvalue weighted by Gasteiger charge is 2.41. The molecule has 0 aliphatic carbocycles. The van der Waals surface area contributed by atoms with Crippen molar-refractivity contribution in [2.24, 2.45) is 22.8 Å². The van der Waals surface area contributed by atoms with E-state index < -0.39 is 12.1 Å². The summed E-state index contributed by atoms with van der Waals surface area (Å²) in [5.41, 5.74) is 12.7. The number of allylic oxidation sites excluding steroid dienone is 3. The number of nitrogens with two attached hydrogens (primary N) is 2. The summed E-state index contributed by atoms with van der Waals surface area (Å²) in [5.74, 6) is -0.629. The van der Waals surface area contributed by atoms with Crippen molar-refractivity contribution >= 4 is 17.5 Å². The highest BCUT2D eigenvalue weighted by atomic mass is 35.5. The number of halogens is 1. The maximum atomic E-state index is 14.1. The van der Waals surface area contributed by atoms with E-state index in [0.717, 1.165) is 77.8 Å². The molecule has 1 amide bonds. The topological polar surface area (TPSA) is 127 Å². The fourth-order valence-electron chi connectivity index (χ4n) is 8.70. The number of nitrogens with one attached hydrogen (secondary N) is 4. The van der Waals surface area contributed by atoms with E-state index in [1.807, 2.05) is 6.08 Å². The van der Waals surface area contributed by atoms with Crippen LogP contribution >= 0.6 is 11.6 Å². The van der Waals surface area contributed by atoms with Gasteiger partial charge < -0.3 is 27.4 Å². The Labute approximate surface area is 264 Å². The second kappa shape index (κ2) is 15.4. The molecule has 5 aliphatic heterocycles. The van der Waals surface area contributed by atoms with Gasteiger partial charge >= 0.3 is 0 Å². The second-order valence-corrected chi connectivity index (χ2v) is 14.2. The first-order valence-corrected chi connectivity index (χ1v) is 17.5. The minimum atomic E-state index is -0.783. The molecule has 0 bridgehead atoms. The van der Waals surface area contributed by atoms with Gasteiger partial charge in [0.05, 0.1) is 29.3 Å². The van der Waals surface area contributed by atoms with E-state index in [1.165, 1.54) is 32.5 Å². The average molecular weight is 620 g/mol. The van der Waals surface area contributed by atoms with Crippen LogP contribution in [0.5, 0.6) is 0 Å². The highest BCUT2D eigenvalue weighted by molar-refractivity contribution is 6.31. The Bertz CT molecular complexity index is 962. The minimum Gasteiger partial charge on any atom is -0.386 e. The van der Waals surface area contributed by atoms with Crippen LogP contribution in [0.4, 0.5) is 0 Å². The van der Waals surface area contributed by atoms with Crippen LogP contribution in [0.2, 0.25) is 0 Å². The largest absolute Gasteiger partial charge is 0.386 e. The van der Waals surface area contributed by atoms with Crippen molar-refractivity contribution < 1.29 is 4.79 Å². The maximum absolute atomic E-state index is 14.1. The molecule has 5 heterocycles. The van der Waals surface area contributed by atoms with Crippen LogP contribution in [0.1, 0.15) is 65.2 Å². The van der Waals surface area contributed by atoms with Crippen LogP contribution in [-0.4, -0.2) is 116 Å². The van der Waals surface area contributed by atoms with Crippen LogP contribution in [0.25, 0.3) is 0 Å². The van der Waals surface area contributed by atoms with Gasteiger partial charge in [0.25, 0.3) is 0 Å². The van der Waals surface area contributed by atoms with E-state index in [0.29, 0.717) is 23.3 Å². The number of amides is 1. The standard InChI is InChI=1S/C32H58ClN9O/c1-3-9-32(10-4-2)11-5-23(33)20-38-25(19-32)29(30(34)35)31(43)39-26-21-36-12-6-27(26)40-14-7-24(8-15-40)42-18-17-41-16-13-37-28(41)22-42/h5,11,20,24-30,36-38H,3-4,6-10,12-19,21-22,34-35H2,1-2H3,(H,39,43)/b11-5-,23-20+. The molecule has 10 nitrogen and oxygen atoms in total. The number of likely N-dealkylation sites (tertiary alicyclic amines) is 1. The van der Waals surface area contributed by atoms with E-state index >= 15 is 0 Å². The summed E-state index contributed by atoms with van der Waals surface area (Å²) >= 11 is 6.52. The molecule has 0 aromatic rings. The van der Waals surface area contributed by atoms with E-state index in [-0.39, 0.29) is 23.4 Å². The van der Waals surface area contributed by atoms with Gasteiger partial charge in [0.2, 0.25) is 5.91 Å². The molecule has 0 spiro atoms. The molecule has 4 saturated heterocycles. The zero-order valence-corrected chi connectivity index (χ0v) is 27.3. The molecule has 5 unspecified atom stereocenters. The Balaban J connectivity index is 1.23. The van der Waals surface area contributed by atoms with Crippen LogP contribution in [-0.2, 0) is 4.79 Å². The number of piperidine rings is 2. The van der Waals surface area contributed by atoms with Crippen LogP contribution in [0.3, 0.4) is 0 Å². The molecule has 5 rings (SSSR count). The zero-order valence-electron chi connectivity index (χ0n) is 26.6. The lowest BCUT2D eigenvalue weighted by Gasteiger charge is -2.48. The molecule has 0 aromatic heterocycles. The van der Waals surface area contributed by atoms with Gasteiger partial charge in [-0.1, -0.05) is 44.4 Å². The molecule has 0 radical (unpaired) electrons. The van der Waals surface area contributed by atoms with E-state index in [9.17, 15) is 4.79 Å². The fourth-order valence-corrected chi connectivity index (χ4v) is 8.83. The third-order valence-corrected chi connectivity index (χ3v) is 11.1. The van der Waals surface area contributed by atoms with Gasteiger partial charge in [0, 0.05) is 76.7 Å². The number of carbonyl (C=O) groups excluding carboxylic acids is 1. The van der Waals surface area contributed by atoms with Crippen LogP contribution in [0, 0.1) is 11.3 Å². The van der Waals surface area contributed by atoms with Gasteiger partial charge in [-0.05, 0) is 56.6 Å². The smallest absolute Gasteiger partial charge is 0.228 e. The summed E-state index contributed by atoms with van der Waals surface area (Å²) in [6.45, 7) is 14.1. The average Bonchev–Trinajstić information content (AvgIpc) is 3.47. The van der Waals surface area contributed by atoms with Crippen molar-refractivity contribution in [3.8, 4) is 0 Å². The predicted octanol–water partition coefficient (Wildman–Crippen LogP) is 1.29. The number of hydrogen-bond acceptors (Lipinski definition) is 9. The lowest BCUT2D eigenvalue weighted by atomic mass is 9.71. The summed E-state index contributed by atoms with van der Waals surface area (Å²) in [5, 5.41) is 14.7. The molecule has 0 saturated carbocycles. The predicted molar refractivity (Wildman–Crippen MR) is 175 cm³/mol. The minimum absolute atomic E-state index is 0.0221. The lowest BCUT2D eigenvalue weighted by molar-refractivity contribution is -0.128. The number of nitrogens with zero attached hydrogens (tertiary/aromatic N) is 3. The Morgan fingerprint density at radius 2 is 1.79 bits per heavy atom. The first-order chi connectivity index (χ1) is 20.8. The Kier molecular flexibility index (Phi) is 11.8. The van der Waals surface area contributed by atoms with Crippen LogP contribution in [0.15, 0.2) is 23.4 Å². The van der Waals surface area contributed by atoms with Crippen molar-refractivity contribution in [2.75, 3.05) is 58.9 Å². The van der Waals surface area contributed by atoms with Gasteiger partial charge in [-0.2, -0.15) is 0 Å².